The molecule has 2 aromatic rings. The van der Waals surface area contributed by atoms with Gasteiger partial charge in [0.1, 0.15) is 4.83 Å². The maximum Gasteiger partial charge on any atom is 0.125 e. The first-order valence-corrected chi connectivity index (χ1v) is 4.40. The van der Waals surface area contributed by atoms with Crippen LogP contribution in [0.1, 0.15) is 4.88 Å². The molecule has 4 N–H and O–H groups in total. The zero-order valence-corrected chi connectivity index (χ0v) is 7.48. The Morgan fingerprint density at radius 1 is 1.42 bits per heavy atom. The monoisotopic (exact) mass is 179 g/mol. The predicted octanol–water partition coefficient (Wildman–Crippen LogP) is 1.77. The number of rotatable bonds is 0. The molecule has 0 unspecified atom stereocenters. The first-order chi connectivity index (χ1) is 5.68. The van der Waals surface area contributed by atoms with Gasteiger partial charge in [-0.2, -0.15) is 0 Å². The molecule has 4 heteroatoms. The number of hydrogen-bond donors (Lipinski definition) is 2. The van der Waals surface area contributed by atoms with Crippen molar-refractivity contribution in [3.63, 3.8) is 0 Å². The second-order valence-electron chi connectivity index (χ2n) is 2.70. The van der Waals surface area contributed by atoms with Crippen molar-refractivity contribution in [3.05, 3.63) is 17.1 Å². The number of hydrogen-bond acceptors (Lipinski definition) is 4. The standard InChI is InChI=1S/C8H9N3S/c1-4-2-5-7(10)6(9)3-11-8(5)12-4/h2-3H,9H2,1H3,(H2,10,11). The van der Waals surface area contributed by atoms with Crippen molar-refractivity contribution in [1.82, 2.24) is 4.98 Å². The van der Waals surface area contributed by atoms with Crippen LogP contribution in [0.4, 0.5) is 11.4 Å². The largest absolute Gasteiger partial charge is 0.396 e. The predicted molar refractivity (Wildman–Crippen MR) is 53.2 cm³/mol. The maximum atomic E-state index is 5.77. The van der Waals surface area contributed by atoms with E-state index < -0.39 is 0 Å². The van der Waals surface area contributed by atoms with E-state index in [4.69, 9.17) is 11.5 Å². The van der Waals surface area contributed by atoms with E-state index in [-0.39, 0.29) is 0 Å². The van der Waals surface area contributed by atoms with Gasteiger partial charge in [0.15, 0.2) is 0 Å². The topological polar surface area (TPSA) is 64.9 Å². The van der Waals surface area contributed by atoms with Gasteiger partial charge in [-0.25, -0.2) is 4.98 Å². The molecular formula is C8H9N3S. The van der Waals surface area contributed by atoms with E-state index in [1.54, 1.807) is 17.5 Å². The molecule has 12 heavy (non-hydrogen) atoms. The van der Waals surface area contributed by atoms with Crippen molar-refractivity contribution in [2.75, 3.05) is 11.5 Å². The van der Waals surface area contributed by atoms with E-state index in [1.807, 2.05) is 13.0 Å². The van der Waals surface area contributed by atoms with Crippen molar-refractivity contribution in [2.45, 2.75) is 6.92 Å². The molecule has 2 heterocycles. The first kappa shape index (κ1) is 7.36. The third-order valence-electron chi connectivity index (χ3n) is 1.76. The number of aromatic nitrogens is 1. The van der Waals surface area contributed by atoms with E-state index in [0.29, 0.717) is 11.4 Å². The number of fused-ring (bicyclic) bond motifs is 1. The van der Waals surface area contributed by atoms with E-state index in [1.165, 1.54) is 4.88 Å². The molecule has 2 rings (SSSR count). The highest BCUT2D eigenvalue weighted by Crippen LogP contribution is 2.30. The van der Waals surface area contributed by atoms with Crippen LogP contribution >= 0.6 is 11.3 Å². The smallest absolute Gasteiger partial charge is 0.125 e. The fourth-order valence-electron chi connectivity index (χ4n) is 1.14. The lowest BCUT2D eigenvalue weighted by atomic mass is 10.2. The Labute approximate surface area is 74.0 Å². The van der Waals surface area contributed by atoms with Gasteiger partial charge in [-0.3, -0.25) is 0 Å². The first-order valence-electron chi connectivity index (χ1n) is 3.58. The zero-order valence-electron chi connectivity index (χ0n) is 6.66. The molecule has 0 aliphatic rings. The number of nitrogens with zero attached hydrogens (tertiary/aromatic N) is 1. The molecule has 0 aromatic carbocycles. The molecule has 0 spiro atoms. The van der Waals surface area contributed by atoms with E-state index >= 15 is 0 Å². The quantitative estimate of drug-likeness (QED) is 0.647. The van der Waals surface area contributed by atoms with E-state index in [9.17, 15) is 0 Å². The highest BCUT2D eigenvalue weighted by atomic mass is 32.1. The molecule has 0 radical (unpaired) electrons. The van der Waals surface area contributed by atoms with Gasteiger partial charge in [0, 0.05) is 10.3 Å². The van der Waals surface area contributed by atoms with Crippen LogP contribution in [0.3, 0.4) is 0 Å². The second kappa shape index (κ2) is 2.35. The van der Waals surface area contributed by atoms with Crippen LogP contribution in [0, 0.1) is 6.92 Å². The van der Waals surface area contributed by atoms with E-state index in [0.717, 1.165) is 10.2 Å². The van der Waals surface area contributed by atoms with Gasteiger partial charge in [-0.15, -0.1) is 11.3 Å². The Kier molecular flexibility index (Phi) is 1.44. The number of anilines is 2. The summed E-state index contributed by atoms with van der Waals surface area (Å²) in [7, 11) is 0. The van der Waals surface area contributed by atoms with Crippen LogP contribution in [0.25, 0.3) is 10.2 Å². The van der Waals surface area contributed by atoms with Gasteiger partial charge >= 0.3 is 0 Å². The molecule has 0 amide bonds. The van der Waals surface area contributed by atoms with E-state index in [2.05, 4.69) is 4.98 Å². The number of thiophene rings is 1. The average molecular weight is 179 g/mol. The number of pyridine rings is 1. The fourth-order valence-corrected chi connectivity index (χ4v) is 2.01. The Morgan fingerprint density at radius 3 is 2.92 bits per heavy atom. The Balaban J connectivity index is 2.89. The van der Waals surface area contributed by atoms with Crippen LogP contribution in [-0.4, -0.2) is 4.98 Å². The summed E-state index contributed by atoms with van der Waals surface area (Å²) in [6, 6.07) is 2.01. The van der Waals surface area contributed by atoms with Gasteiger partial charge < -0.3 is 11.5 Å². The van der Waals surface area contributed by atoms with Crippen LogP contribution in [0.5, 0.6) is 0 Å². The minimum absolute atomic E-state index is 0.556. The van der Waals surface area contributed by atoms with Gasteiger partial charge in [0.05, 0.1) is 17.6 Å². The van der Waals surface area contributed by atoms with Crippen molar-refractivity contribution >= 4 is 32.9 Å². The summed E-state index contributed by atoms with van der Waals surface area (Å²) in [6.45, 7) is 2.03. The fraction of sp³-hybridized carbons (Fsp3) is 0.125. The Hall–Kier alpha value is -1.29. The van der Waals surface area contributed by atoms with Crippen LogP contribution in [0.2, 0.25) is 0 Å². The third-order valence-corrected chi connectivity index (χ3v) is 2.72. The summed E-state index contributed by atoms with van der Waals surface area (Å²) < 4.78 is 0. The number of nitrogen functional groups attached to an aromatic ring is 2. The summed E-state index contributed by atoms with van der Waals surface area (Å²) >= 11 is 1.63. The van der Waals surface area contributed by atoms with Gasteiger partial charge in [-0.1, -0.05) is 0 Å². The lowest BCUT2D eigenvalue weighted by Crippen LogP contribution is -1.95. The minimum atomic E-state index is 0.556. The summed E-state index contributed by atoms with van der Waals surface area (Å²) in [6.07, 6.45) is 1.60. The highest BCUT2D eigenvalue weighted by molar-refractivity contribution is 7.18. The van der Waals surface area contributed by atoms with Crippen molar-refractivity contribution in [2.24, 2.45) is 0 Å². The van der Waals surface area contributed by atoms with Crippen molar-refractivity contribution in [1.29, 1.82) is 0 Å². The molecule has 2 aromatic heterocycles. The van der Waals surface area contributed by atoms with Crippen molar-refractivity contribution < 1.29 is 0 Å². The highest BCUT2D eigenvalue weighted by Gasteiger charge is 2.05. The van der Waals surface area contributed by atoms with Gasteiger partial charge in [0.25, 0.3) is 0 Å². The van der Waals surface area contributed by atoms with Gasteiger partial charge in [0.2, 0.25) is 0 Å². The molecule has 3 nitrogen and oxygen atoms in total. The van der Waals surface area contributed by atoms with Crippen molar-refractivity contribution in [3.8, 4) is 0 Å². The molecule has 0 saturated heterocycles. The summed E-state index contributed by atoms with van der Waals surface area (Å²) in [5.41, 5.74) is 12.6. The van der Waals surface area contributed by atoms with Crippen LogP contribution in [0.15, 0.2) is 12.3 Å². The zero-order chi connectivity index (χ0) is 8.72. The van der Waals surface area contributed by atoms with Crippen LogP contribution < -0.4 is 11.5 Å². The van der Waals surface area contributed by atoms with Crippen LogP contribution in [-0.2, 0) is 0 Å². The SMILES string of the molecule is Cc1cc2c(N)c(N)cnc2s1. The summed E-state index contributed by atoms with van der Waals surface area (Å²) in [5.74, 6) is 0. The lowest BCUT2D eigenvalue weighted by Gasteiger charge is -1.98. The average Bonchev–Trinajstić information content (AvgIpc) is 2.39. The molecule has 0 aliphatic heterocycles. The molecule has 0 atom stereocenters. The maximum absolute atomic E-state index is 5.77. The summed E-state index contributed by atoms with van der Waals surface area (Å²) in [5, 5.41) is 0.970. The third kappa shape index (κ3) is 0.921. The Bertz CT molecular complexity index is 433. The minimum Gasteiger partial charge on any atom is -0.396 e. The molecular weight excluding hydrogens is 170 g/mol. The molecule has 0 fully saturated rings. The number of nitrogens with two attached hydrogens (primary N) is 2. The second-order valence-corrected chi connectivity index (χ2v) is 3.94. The number of aryl methyl sites for hydroxylation is 1. The van der Waals surface area contributed by atoms with Gasteiger partial charge in [-0.05, 0) is 13.0 Å². The molecule has 62 valence electrons. The summed E-state index contributed by atoms with van der Waals surface area (Å²) in [4.78, 5) is 6.34. The molecule has 0 saturated carbocycles. The molecule has 0 aliphatic carbocycles. The molecule has 0 bridgehead atoms. The lowest BCUT2D eigenvalue weighted by molar-refractivity contribution is 1.45. The normalized spacial score (nSPS) is 10.8. The Morgan fingerprint density at radius 2 is 2.17 bits per heavy atom.